The van der Waals surface area contributed by atoms with Crippen LogP contribution in [0.3, 0.4) is 0 Å². The van der Waals surface area contributed by atoms with E-state index in [0.29, 0.717) is 31.0 Å². The third-order valence-corrected chi connectivity index (χ3v) is 3.68. The maximum Gasteiger partial charge on any atom is 0.236 e. The van der Waals surface area contributed by atoms with Gasteiger partial charge in [-0.3, -0.25) is 14.5 Å². The number of ketones is 1. The highest BCUT2D eigenvalue weighted by Crippen LogP contribution is 2.18. The van der Waals surface area contributed by atoms with Crippen LogP contribution in [-0.2, 0) is 4.79 Å². The van der Waals surface area contributed by atoms with Gasteiger partial charge in [0.15, 0.2) is 5.78 Å². The van der Waals surface area contributed by atoms with E-state index in [-0.39, 0.29) is 11.7 Å². The highest BCUT2D eigenvalue weighted by Gasteiger charge is 2.18. The highest BCUT2D eigenvalue weighted by atomic mass is 16.5. The molecule has 1 aromatic carbocycles. The first-order valence-corrected chi connectivity index (χ1v) is 7.27. The Hall–Kier alpha value is -1.88. The summed E-state index contributed by atoms with van der Waals surface area (Å²) in [7, 11) is 1.84. The van der Waals surface area contributed by atoms with Crippen molar-refractivity contribution in [3.05, 3.63) is 29.8 Å². The van der Waals surface area contributed by atoms with E-state index < -0.39 is 0 Å². The number of hydrogen-bond donors (Lipinski definition) is 0. The summed E-state index contributed by atoms with van der Waals surface area (Å²) >= 11 is 0. The molecular weight excluding hydrogens is 268 g/mol. The van der Waals surface area contributed by atoms with E-state index in [1.54, 1.807) is 17.0 Å². The number of Topliss-reactive ketones (excluding diaryl/α,β-unsaturated/α-hetero) is 1. The molecule has 2 rings (SSSR count). The second-order valence-corrected chi connectivity index (χ2v) is 5.35. The van der Waals surface area contributed by atoms with Crippen molar-refractivity contribution in [3.8, 4) is 5.75 Å². The van der Waals surface area contributed by atoms with Crippen LogP contribution in [0.4, 0.5) is 0 Å². The smallest absolute Gasteiger partial charge is 0.236 e. The minimum Gasteiger partial charge on any atom is -0.491 e. The Morgan fingerprint density at radius 3 is 2.81 bits per heavy atom. The van der Waals surface area contributed by atoms with Crippen molar-refractivity contribution in [2.24, 2.45) is 0 Å². The van der Waals surface area contributed by atoms with E-state index in [0.717, 1.165) is 19.5 Å². The second-order valence-electron chi connectivity index (χ2n) is 5.35. The lowest BCUT2D eigenvalue weighted by Gasteiger charge is -2.19. The topological polar surface area (TPSA) is 49.9 Å². The van der Waals surface area contributed by atoms with E-state index >= 15 is 0 Å². The number of carbonyl (C=O) groups is 2. The molecule has 5 nitrogen and oxygen atoms in total. The maximum absolute atomic E-state index is 11.8. The van der Waals surface area contributed by atoms with Crippen LogP contribution in [-0.4, -0.2) is 61.3 Å². The fourth-order valence-electron chi connectivity index (χ4n) is 2.41. The van der Waals surface area contributed by atoms with E-state index in [9.17, 15) is 9.59 Å². The van der Waals surface area contributed by atoms with Gasteiger partial charge in [0.2, 0.25) is 5.91 Å². The molecule has 1 aliphatic heterocycles. The summed E-state index contributed by atoms with van der Waals surface area (Å²) in [5.41, 5.74) is 0.601. The van der Waals surface area contributed by atoms with Crippen LogP contribution in [0.25, 0.3) is 0 Å². The standard InChI is InChI=1S/C16H22N2O3/c1-13(19)14-6-3-4-7-15(14)21-11-10-18-9-5-8-17(2)16(20)12-18/h3-4,6-7H,5,8-12H2,1-2H3. The third-order valence-electron chi connectivity index (χ3n) is 3.68. The monoisotopic (exact) mass is 290 g/mol. The van der Waals surface area contributed by atoms with Crippen LogP contribution < -0.4 is 4.74 Å². The summed E-state index contributed by atoms with van der Waals surface area (Å²) in [4.78, 5) is 27.2. The van der Waals surface area contributed by atoms with Crippen molar-refractivity contribution in [2.75, 3.05) is 39.8 Å². The molecule has 0 unspecified atom stereocenters. The Kier molecular flexibility index (Phi) is 5.33. The number of likely N-dealkylation sites (N-methyl/N-ethyl adjacent to an activating group) is 1. The van der Waals surface area contributed by atoms with Gasteiger partial charge < -0.3 is 9.64 Å². The number of benzene rings is 1. The van der Waals surface area contributed by atoms with Crippen LogP contribution in [0.2, 0.25) is 0 Å². The molecule has 0 saturated carbocycles. The average molecular weight is 290 g/mol. The van der Waals surface area contributed by atoms with Gasteiger partial charge in [-0.25, -0.2) is 0 Å². The van der Waals surface area contributed by atoms with Crippen molar-refractivity contribution in [3.63, 3.8) is 0 Å². The van der Waals surface area contributed by atoms with Gasteiger partial charge in [0.25, 0.3) is 0 Å². The van der Waals surface area contributed by atoms with Crippen molar-refractivity contribution in [1.82, 2.24) is 9.80 Å². The largest absolute Gasteiger partial charge is 0.491 e. The summed E-state index contributed by atoms with van der Waals surface area (Å²) in [6.45, 7) is 4.84. The average Bonchev–Trinajstić information content (AvgIpc) is 2.61. The van der Waals surface area contributed by atoms with Gasteiger partial charge in [0, 0.05) is 26.7 Å². The van der Waals surface area contributed by atoms with Gasteiger partial charge in [-0.2, -0.15) is 0 Å². The summed E-state index contributed by atoms with van der Waals surface area (Å²) < 4.78 is 5.72. The predicted molar refractivity (Wildman–Crippen MR) is 80.6 cm³/mol. The number of hydrogen-bond acceptors (Lipinski definition) is 4. The molecule has 0 atom stereocenters. The molecule has 0 aliphatic carbocycles. The second kappa shape index (κ2) is 7.22. The minimum atomic E-state index is -0.00262. The number of ether oxygens (including phenoxy) is 1. The molecule has 0 N–H and O–H groups in total. The number of amides is 1. The van der Waals surface area contributed by atoms with Gasteiger partial charge in [0.1, 0.15) is 12.4 Å². The molecular formula is C16H22N2O3. The maximum atomic E-state index is 11.8. The van der Waals surface area contributed by atoms with Crippen molar-refractivity contribution in [1.29, 1.82) is 0 Å². The Balaban J connectivity index is 1.87. The van der Waals surface area contributed by atoms with Crippen LogP contribution in [0.5, 0.6) is 5.75 Å². The molecule has 1 aliphatic rings. The molecule has 1 heterocycles. The Bertz CT molecular complexity index is 516. The molecule has 0 radical (unpaired) electrons. The summed E-state index contributed by atoms with van der Waals surface area (Å²) in [5, 5.41) is 0. The fourth-order valence-corrected chi connectivity index (χ4v) is 2.41. The third kappa shape index (κ3) is 4.29. The normalized spacial score (nSPS) is 16.7. The predicted octanol–water partition coefficient (Wildman–Crippen LogP) is 1.43. The molecule has 1 aromatic rings. The lowest BCUT2D eigenvalue weighted by atomic mass is 10.1. The zero-order valence-electron chi connectivity index (χ0n) is 12.7. The van der Waals surface area contributed by atoms with Gasteiger partial charge in [-0.1, -0.05) is 12.1 Å². The molecule has 114 valence electrons. The van der Waals surface area contributed by atoms with Crippen LogP contribution in [0.15, 0.2) is 24.3 Å². The number of para-hydroxylation sites is 1. The van der Waals surface area contributed by atoms with Crippen molar-refractivity contribution in [2.45, 2.75) is 13.3 Å². The van der Waals surface area contributed by atoms with Gasteiger partial charge >= 0.3 is 0 Å². The molecule has 1 fully saturated rings. The first-order valence-electron chi connectivity index (χ1n) is 7.27. The van der Waals surface area contributed by atoms with Gasteiger partial charge in [-0.05, 0) is 25.5 Å². The molecule has 0 bridgehead atoms. The number of carbonyl (C=O) groups excluding carboxylic acids is 2. The Morgan fingerprint density at radius 2 is 2.05 bits per heavy atom. The molecule has 5 heteroatoms. The highest BCUT2D eigenvalue weighted by molar-refractivity contribution is 5.96. The summed E-state index contributed by atoms with van der Waals surface area (Å²) in [6.07, 6.45) is 0.978. The lowest BCUT2D eigenvalue weighted by molar-refractivity contribution is -0.129. The lowest BCUT2D eigenvalue weighted by Crippen LogP contribution is -2.36. The van der Waals surface area contributed by atoms with E-state index in [1.165, 1.54) is 6.92 Å². The molecule has 0 spiro atoms. The quantitative estimate of drug-likeness (QED) is 0.770. The van der Waals surface area contributed by atoms with E-state index in [4.69, 9.17) is 4.74 Å². The van der Waals surface area contributed by atoms with E-state index in [1.807, 2.05) is 19.2 Å². The number of rotatable bonds is 5. The molecule has 21 heavy (non-hydrogen) atoms. The zero-order chi connectivity index (χ0) is 15.2. The molecule has 0 aromatic heterocycles. The Morgan fingerprint density at radius 1 is 1.29 bits per heavy atom. The van der Waals surface area contributed by atoms with Gasteiger partial charge in [-0.15, -0.1) is 0 Å². The summed E-state index contributed by atoms with van der Waals surface area (Å²) in [6, 6.07) is 7.25. The fraction of sp³-hybridized carbons (Fsp3) is 0.500. The molecule has 1 amide bonds. The van der Waals surface area contributed by atoms with Gasteiger partial charge in [0.05, 0.1) is 12.1 Å². The van der Waals surface area contributed by atoms with Crippen molar-refractivity contribution < 1.29 is 14.3 Å². The summed E-state index contributed by atoms with van der Waals surface area (Å²) in [5.74, 6) is 0.761. The number of nitrogens with zero attached hydrogens (tertiary/aromatic N) is 2. The first kappa shape index (κ1) is 15.5. The SMILES string of the molecule is CC(=O)c1ccccc1OCCN1CCCN(C)C(=O)C1. The molecule has 1 saturated heterocycles. The van der Waals surface area contributed by atoms with Crippen LogP contribution in [0.1, 0.15) is 23.7 Å². The van der Waals surface area contributed by atoms with Crippen LogP contribution in [0, 0.1) is 0 Å². The van der Waals surface area contributed by atoms with E-state index in [2.05, 4.69) is 4.90 Å². The van der Waals surface area contributed by atoms with Crippen molar-refractivity contribution >= 4 is 11.7 Å². The Labute approximate surface area is 125 Å². The zero-order valence-corrected chi connectivity index (χ0v) is 12.7. The van der Waals surface area contributed by atoms with Crippen LogP contribution >= 0.6 is 0 Å². The minimum absolute atomic E-state index is 0.00262. The first-order chi connectivity index (χ1) is 10.1.